The zero-order valence-electron chi connectivity index (χ0n) is 28.0. The smallest absolute Gasteiger partial charge is 0.164 e. The third-order valence-electron chi connectivity index (χ3n) is 10.8. The number of benzene rings is 7. The van der Waals surface area contributed by atoms with E-state index < -0.39 is 5.41 Å². The Kier molecular flexibility index (Phi) is 6.34. The van der Waals surface area contributed by atoms with E-state index in [0.717, 1.165) is 22.3 Å². The van der Waals surface area contributed by atoms with Gasteiger partial charge in [-0.25, -0.2) is 15.0 Å². The summed E-state index contributed by atoms with van der Waals surface area (Å²) >= 11 is 1.88. The van der Waals surface area contributed by atoms with Crippen molar-refractivity contribution in [3.63, 3.8) is 0 Å². The lowest BCUT2D eigenvalue weighted by molar-refractivity contribution is 0.767. The van der Waals surface area contributed by atoms with Crippen LogP contribution in [0.15, 0.2) is 164 Å². The van der Waals surface area contributed by atoms with Crippen molar-refractivity contribution in [2.24, 2.45) is 0 Å². The average molecular weight is 680 g/mol. The van der Waals surface area contributed by atoms with Gasteiger partial charge in [0.05, 0.1) is 5.41 Å². The van der Waals surface area contributed by atoms with Gasteiger partial charge in [-0.05, 0) is 68.8 Å². The van der Waals surface area contributed by atoms with E-state index >= 15 is 0 Å². The molecule has 2 aliphatic rings. The second-order valence-corrected chi connectivity index (χ2v) is 14.6. The number of aromatic nitrogens is 3. The molecule has 242 valence electrons. The Bertz CT molecular complexity index is 2850. The van der Waals surface area contributed by atoms with E-state index in [0.29, 0.717) is 17.5 Å². The lowest BCUT2D eigenvalue weighted by Gasteiger charge is -2.35. The van der Waals surface area contributed by atoms with Crippen LogP contribution < -0.4 is 0 Å². The average Bonchev–Trinajstić information content (AvgIpc) is 3.67. The van der Waals surface area contributed by atoms with Gasteiger partial charge < -0.3 is 0 Å². The first kappa shape index (κ1) is 29.3. The van der Waals surface area contributed by atoms with Gasteiger partial charge in [0.1, 0.15) is 0 Å². The van der Waals surface area contributed by atoms with Crippen molar-refractivity contribution >= 4 is 43.7 Å². The fraction of sp³-hybridized carbons (Fsp3) is 0.0208. The molecule has 2 aliphatic carbocycles. The number of nitrogens with zero attached hydrogens (tertiary/aromatic N) is 3. The van der Waals surface area contributed by atoms with Gasteiger partial charge in [-0.1, -0.05) is 152 Å². The summed E-state index contributed by atoms with van der Waals surface area (Å²) < 4.78 is 2.63. The van der Waals surface area contributed by atoms with Crippen LogP contribution >= 0.6 is 11.3 Å². The van der Waals surface area contributed by atoms with Crippen LogP contribution in [0.1, 0.15) is 33.4 Å². The maximum Gasteiger partial charge on any atom is 0.164 e. The van der Waals surface area contributed by atoms with E-state index in [1.165, 1.54) is 59.1 Å². The van der Waals surface area contributed by atoms with Gasteiger partial charge in [-0.3, -0.25) is 0 Å². The molecule has 0 N–H and O–H groups in total. The standard InChI is InChI=1S/C48H29N3S/c1-3-14-31(15-4-1)45-49-46(32-16-5-2-6-17-32)51-47(50-45)34-25-26-40-33(27-34)24-23-30-13-7-10-20-39(30)48(40)41-21-11-8-18-35(41)37-28-38-36-19-9-12-22-43(36)52-44(38)29-42(37)48/h1-29H. The lowest BCUT2D eigenvalue weighted by Crippen LogP contribution is -2.30. The lowest BCUT2D eigenvalue weighted by atomic mass is 9.66. The van der Waals surface area contributed by atoms with Crippen LogP contribution in [0, 0.1) is 0 Å². The zero-order chi connectivity index (χ0) is 34.2. The van der Waals surface area contributed by atoms with E-state index in [9.17, 15) is 0 Å². The molecule has 0 bridgehead atoms. The molecule has 0 aliphatic heterocycles. The summed E-state index contributed by atoms with van der Waals surface area (Å²) in [7, 11) is 0. The minimum absolute atomic E-state index is 0.520. The molecule has 2 aromatic heterocycles. The van der Waals surface area contributed by atoms with Crippen LogP contribution in [0.25, 0.3) is 77.6 Å². The number of fused-ring (bicyclic) bond motifs is 12. The van der Waals surface area contributed by atoms with E-state index in [1.54, 1.807) is 0 Å². The molecule has 0 fully saturated rings. The van der Waals surface area contributed by atoms with Crippen molar-refractivity contribution in [3.8, 4) is 45.3 Å². The highest BCUT2D eigenvalue weighted by Gasteiger charge is 2.48. The van der Waals surface area contributed by atoms with Crippen LogP contribution in [0.3, 0.4) is 0 Å². The highest BCUT2D eigenvalue weighted by molar-refractivity contribution is 7.25. The fourth-order valence-corrected chi connectivity index (χ4v) is 9.63. The molecule has 7 aromatic carbocycles. The van der Waals surface area contributed by atoms with Gasteiger partial charge in [0.15, 0.2) is 17.5 Å². The Morgan fingerprint density at radius 3 is 1.73 bits per heavy atom. The first-order chi connectivity index (χ1) is 25.8. The molecule has 11 rings (SSSR count). The molecule has 9 aromatic rings. The molecule has 1 unspecified atom stereocenters. The first-order valence-electron chi connectivity index (χ1n) is 17.6. The predicted molar refractivity (Wildman–Crippen MR) is 215 cm³/mol. The Morgan fingerprint density at radius 2 is 0.962 bits per heavy atom. The summed E-state index contributed by atoms with van der Waals surface area (Å²) in [6.07, 6.45) is 4.56. The Morgan fingerprint density at radius 1 is 0.365 bits per heavy atom. The normalized spacial score (nSPS) is 15.3. The van der Waals surface area contributed by atoms with Crippen molar-refractivity contribution in [2.75, 3.05) is 0 Å². The monoisotopic (exact) mass is 679 g/mol. The highest BCUT2D eigenvalue weighted by Crippen LogP contribution is 2.60. The third-order valence-corrected chi connectivity index (χ3v) is 11.9. The predicted octanol–water partition coefficient (Wildman–Crippen LogP) is 12.1. The molecule has 4 heteroatoms. The molecule has 0 saturated carbocycles. The third kappa shape index (κ3) is 4.22. The van der Waals surface area contributed by atoms with Gasteiger partial charge >= 0.3 is 0 Å². The summed E-state index contributed by atoms with van der Waals surface area (Å²) in [4.78, 5) is 15.1. The van der Waals surface area contributed by atoms with Gasteiger partial charge in [0.25, 0.3) is 0 Å². The minimum Gasteiger partial charge on any atom is -0.208 e. The fourth-order valence-electron chi connectivity index (χ4n) is 8.50. The maximum absolute atomic E-state index is 5.08. The summed E-state index contributed by atoms with van der Waals surface area (Å²) in [5, 5.41) is 2.64. The molecular formula is C48H29N3S. The summed E-state index contributed by atoms with van der Waals surface area (Å²) in [5.74, 6) is 1.97. The highest BCUT2D eigenvalue weighted by atomic mass is 32.1. The Hall–Kier alpha value is -6.49. The van der Waals surface area contributed by atoms with Crippen LogP contribution in [-0.2, 0) is 5.41 Å². The van der Waals surface area contributed by atoms with Crippen molar-refractivity contribution in [3.05, 3.63) is 197 Å². The van der Waals surface area contributed by atoms with Crippen molar-refractivity contribution in [2.45, 2.75) is 5.41 Å². The van der Waals surface area contributed by atoms with Gasteiger partial charge in [0, 0.05) is 36.9 Å². The minimum atomic E-state index is -0.520. The molecule has 0 saturated heterocycles. The van der Waals surface area contributed by atoms with Crippen LogP contribution in [-0.4, -0.2) is 15.0 Å². The molecule has 0 amide bonds. The molecule has 1 spiro atoms. The van der Waals surface area contributed by atoms with E-state index in [1.807, 2.05) is 47.7 Å². The van der Waals surface area contributed by atoms with Crippen LogP contribution in [0.5, 0.6) is 0 Å². The van der Waals surface area contributed by atoms with Crippen molar-refractivity contribution in [1.82, 2.24) is 15.0 Å². The molecule has 2 heterocycles. The van der Waals surface area contributed by atoms with E-state index in [2.05, 4.69) is 140 Å². The topological polar surface area (TPSA) is 38.7 Å². The van der Waals surface area contributed by atoms with E-state index in [-0.39, 0.29) is 0 Å². The second-order valence-electron chi connectivity index (χ2n) is 13.5. The van der Waals surface area contributed by atoms with Crippen LogP contribution in [0.2, 0.25) is 0 Å². The number of hydrogen-bond donors (Lipinski definition) is 0. The number of thiophene rings is 1. The van der Waals surface area contributed by atoms with Gasteiger partial charge in [-0.15, -0.1) is 11.3 Å². The van der Waals surface area contributed by atoms with Crippen LogP contribution in [0.4, 0.5) is 0 Å². The first-order valence-corrected chi connectivity index (χ1v) is 18.4. The second kappa shape index (κ2) is 11.3. The molecule has 52 heavy (non-hydrogen) atoms. The Balaban J connectivity index is 1.18. The Labute approximate surface area is 305 Å². The maximum atomic E-state index is 5.08. The van der Waals surface area contributed by atoms with Gasteiger partial charge in [0.2, 0.25) is 0 Å². The zero-order valence-corrected chi connectivity index (χ0v) is 28.8. The van der Waals surface area contributed by atoms with Gasteiger partial charge in [-0.2, -0.15) is 0 Å². The largest absolute Gasteiger partial charge is 0.208 e. The SMILES string of the molecule is C1=Cc2cc(-c3nc(-c4ccccc4)nc(-c4ccccc4)n3)ccc2C2(c3ccccc31)c1ccccc1-c1cc3c(cc12)sc1ccccc13. The molecule has 3 nitrogen and oxygen atoms in total. The number of hydrogen-bond acceptors (Lipinski definition) is 4. The van der Waals surface area contributed by atoms with Crippen molar-refractivity contribution in [1.29, 1.82) is 0 Å². The van der Waals surface area contributed by atoms with E-state index in [4.69, 9.17) is 15.0 Å². The molecule has 1 atom stereocenters. The molecular weight excluding hydrogens is 651 g/mol. The van der Waals surface area contributed by atoms with Crippen molar-refractivity contribution < 1.29 is 0 Å². The quantitative estimate of drug-likeness (QED) is 0.187. The molecule has 0 radical (unpaired) electrons. The summed E-state index contributed by atoms with van der Waals surface area (Å²) in [6, 6.07) is 58.8. The summed E-state index contributed by atoms with van der Waals surface area (Å²) in [6.45, 7) is 0. The summed E-state index contributed by atoms with van der Waals surface area (Å²) in [5.41, 5.74) is 12.5. The number of rotatable bonds is 3.